The van der Waals surface area contributed by atoms with Crippen molar-refractivity contribution in [3.05, 3.63) is 59.3 Å². The highest BCUT2D eigenvalue weighted by atomic mass is 32.1. The largest absolute Gasteiger partial charge is 0.330 e. The number of hydrogen-bond acceptors (Lipinski definition) is 4. The maximum absolute atomic E-state index is 15.8. The topological polar surface area (TPSA) is 91.7 Å². The molecule has 5 nitrogen and oxygen atoms in total. The Kier molecular flexibility index (Phi) is 4.21. The minimum absolute atomic E-state index is 0.0805. The molecule has 5 rings (SSSR count). The molecular weight excluding hydrogens is 377 g/mol. The van der Waals surface area contributed by atoms with Crippen LogP contribution in [0, 0.1) is 11.8 Å². The fourth-order valence-corrected chi connectivity index (χ4v) is 6.32. The van der Waals surface area contributed by atoms with Crippen LogP contribution in [0.3, 0.4) is 0 Å². The predicted molar refractivity (Wildman–Crippen MR) is 108 cm³/mol. The number of allylic oxidation sites excluding steroid dienone is 2. The number of hydrogen-bond donors (Lipinski definition) is 3. The average Bonchev–Trinajstić information content (AvgIpc) is 3.41. The van der Waals surface area contributed by atoms with E-state index in [0.29, 0.717) is 29.3 Å². The van der Waals surface area contributed by atoms with E-state index in [1.165, 1.54) is 10.4 Å². The normalized spacial score (nSPS) is 26.9. The standard InChI is InChI=1S/C21H24FN3O2S/c1-9-15(14-7-12-6-10(8-23)2-5-13(12)28-14)18(22)16(11-3-4-11)17-19(9)24-21(27)25-20(17)26/h7,9-11,15H,2-6,8,23H2,1H3,(H2,24,25,26,27). The summed E-state index contributed by atoms with van der Waals surface area (Å²) in [5, 5.41) is 0. The van der Waals surface area contributed by atoms with E-state index in [0.717, 1.165) is 37.0 Å². The van der Waals surface area contributed by atoms with E-state index in [1.807, 2.05) is 6.92 Å². The van der Waals surface area contributed by atoms with Crippen LogP contribution in [0.1, 0.15) is 64.6 Å². The Morgan fingerprint density at radius 3 is 2.75 bits per heavy atom. The summed E-state index contributed by atoms with van der Waals surface area (Å²) in [4.78, 5) is 31.8. The molecule has 0 amide bonds. The molecule has 2 aromatic heterocycles. The van der Waals surface area contributed by atoms with Gasteiger partial charge in [-0.2, -0.15) is 0 Å². The number of aromatic nitrogens is 2. The molecule has 4 N–H and O–H groups in total. The van der Waals surface area contributed by atoms with Gasteiger partial charge in [-0.3, -0.25) is 9.78 Å². The molecule has 0 bridgehead atoms. The molecule has 2 heterocycles. The van der Waals surface area contributed by atoms with Crippen molar-refractivity contribution >= 4 is 16.9 Å². The average molecular weight is 402 g/mol. The summed E-state index contributed by atoms with van der Waals surface area (Å²) in [5.74, 6) is -0.340. The van der Waals surface area contributed by atoms with Gasteiger partial charge in [-0.1, -0.05) is 6.92 Å². The first kappa shape index (κ1) is 18.1. The lowest BCUT2D eigenvalue weighted by molar-refractivity contribution is 0.472. The number of thiophene rings is 1. The van der Waals surface area contributed by atoms with Gasteiger partial charge in [-0.25, -0.2) is 9.18 Å². The Hall–Kier alpha value is -1.99. The maximum Gasteiger partial charge on any atom is 0.325 e. The van der Waals surface area contributed by atoms with Crippen molar-refractivity contribution in [3.8, 4) is 0 Å². The van der Waals surface area contributed by atoms with Crippen LogP contribution in [0.15, 0.2) is 21.5 Å². The zero-order chi connectivity index (χ0) is 19.6. The Bertz CT molecular complexity index is 1090. The first-order valence-electron chi connectivity index (χ1n) is 10.1. The molecule has 1 fully saturated rings. The Morgan fingerprint density at radius 1 is 1.25 bits per heavy atom. The molecule has 3 atom stereocenters. The zero-order valence-electron chi connectivity index (χ0n) is 15.8. The molecular formula is C21H24FN3O2S. The molecule has 3 unspecified atom stereocenters. The number of nitrogens with two attached hydrogens (primary N) is 1. The third-order valence-corrected chi connectivity index (χ3v) is 7.88. The summed E-state index contributed by atoms with van der Waals surface area (Å²) < 4.78 is 15.8. The second-order valence-corrected chi connectivity index (χ2v) is 9.61. The van der Waals surface area contributed by atoms with Gasteiger partial charge in [0.05, 0.1) is 11.5 Å². The van der Waals surface area contributed by atoms with Gasteiger partial charge in [0.15, 0.2) is 0 Å². The molecule has 0 aliphatic heterocycles. The molecule has 0 radical (unpaired) electrons. The van der Waals surface area contributed by atoms with Crippen molar-refractivity contribution in [1.82, 2.24) is 9.97 Å². The fourth-order valence-electron chi connectivity index (χ4n) is 4.90. The van der Waals surface area contributed by atoms with Gasteiger partial charge in [0.1, 0.15) is 5.83 Å². The number of fused-ring (bicyclic) bond motifs is 2. The molecule has 0 aromatic carbocycles. The van der Waals surface area contributed by atoms with E-state index in [2.05, 4.69) is 16.0 Å². The van der Waals surface area contributed by atoms with Crippen LogP contribution in [0.2, 0.25) is 0 Å². The molecule has 7 heteroatoms. The van der Waals surface area contributed by atoms with Gasteiger partial charge in [0, 0.05) is 26.9 Å². The Balaban J connectivity index is 1.65. The van der Waals surface area contributed by atoms with Gasteiger partial charge in [0.2, 0.25) is 0 Å². The molecule has 2 aromatic rings. The van der Waals surface area contributed by atoms with Crippen molar-refractivity contribution in [2.24, 2.45) is 17.6 Å². The molecule has 1 saturated carbocycles. The minimum atomic E-state index is -0.525. The number of nitrogens with one attached hydrogen (secondary N) is 2. The monoisotopic (exact) mass is 401 g/mol. The number of aromatic amines is 2. The van der Waals surface area contributed by atoms with Crippen molar-refractivity contribution in [2.75, 3.05) is 6.54 Å². The summed E-state index contributed by atoms with van der Waals surface area (Å²) >= 11 is 1.69. The van der Waals surface area contributed by atoms with E-state index in [-0.39, 0.29) is 17.7 Å². The van der Waals surface area contributed by atoms with Crippen LogP contribution < -0.4 is 17.0 Å². The predicted octanol–water partition coefficient (Wildman–Crippen LogP) is 3.18. The summed E-state index contributed by atoms with van der Waals surface area (Å²) in [6, 6.07) is 2.14. The van der Waals surface area contributed by atoms with E-state index >= 15 is 4.39 Å². The Labute approximate surface area is 165 Å². The van der Waals surface area contributed by atoms with Gasteiger partial charge < -0.3 is 10.7 Å². The van der Waals surface area contributed by atoms with Gasteiger partial charge >= 0.3 is 5.69 Å². The SMILES string of the molecule is CC1c2[nH]c(=O)[nH]c(=O)c2C(C2CC2)=C(F)C1c1cc2c(s1)CCC(CN)C2. The van der Waals surface area contributed by atoms with Crippen LogP contribution in [0.5, 0.6) is 0 Å². The third-order valence-electron chi connectivity index (χ3n) is 6.56. The number of aryl methyl sites for hydroxylation is 1. The van der Waals surface area contributed by atoms with Crippen molar-refractivity contribution in [3.63, 3.8) is 0 Å². The number of H-pyrrole nitrogens is 2. The zero-order valence-corrected chi connectivity index (χ0v) is 16.6. The second-order valence-electron chi connectivity index (χ2n) is 8.44. The molecule has 0 saturated heterocycles. The first-order chi connectivity index (χ1) is 13.5. The van der Waals surface area contributed by atoms with E-state index in [4.69, 9.17) is 5.73 Å². The second kappa shape index (κ2) is 6.52. The maximum atomic E-state index is 15.8. The third kappa shape index (κ3) is 2.75. The van der Waals surface area contributed by atoms with Crippen LogP contribution in [-0.2, 0) is 12.8 Å². The quantitative estimate of drug-likeness (QED) is 0.738. The van der Waals surface area contributed by atoms with Crippen LogP contribution >= 0.6 is 11.3 Å². The van der Waals surface area contributed by atoms with Crippen molar-refractivity contribution in [2.45, 2.75) is 50.9 Å². The highest BCUT2D eigenvalue weighted by molar-refractivity contribution is 7.12. The van der Waals surface area contributed by atoms with E-state index in [9.17, 15) is 9.59 Å². The van der Waals surface area contributed by atoms with E-state index < -0.39 is 17.2 Å². The van der Waals surface area contributed by atoms with Gasteiger partial charge in [0.25, 0.3) is 5.56 Å². The summed E-state index contributed by atoms with van der Waals surface area (Å²) in [7, 11) is 0. The van der Waals surface area contributed by atoms with Gasteiger partial charge in [-0.05, 0) is 62.1 Å². The number of rotatable bonds is 3. The molecule has 28 heavy (non-hydrogen) atoms. The molecule has 3 aliphatic rings. The molecule has 0 spiro atoms. The number of halogens is 1. The minimum Gasteiger partial charge on any atom is -0.330 e. The van der Waals surface area contributed by atoms with Gasteiger partial charge in [-0.15, -0.1) is 11.3 Å². The lowest BCUT2D eigenvalue weighted by Gasteiger charge is -2.30. The Morgan fingerprint density at radius 2 is 2.04 bits per heavy atom. The van der Waals surface area contributed by atoms with Crippen LogP contribution in [-0.4, -0.2) is 16.5 Å². The first-order valence-corrected chi connectivity index (χ1v) is 10.9. The molecule has 148 valence electrons. The highest BCUT2D eigenvalue weighted by Gasteiger charge is 2.43. The van der Waals surface area contributed by atoms with Crippen molar-refractivity contribution in [1.29, 1.82) is 0 Å². The summed E-state index contributed by atoms with van der Waals surface area (Å²) in [6.07, 6.45) is 4.82. The van der Waals surface area contributed by atoms with Crippen LogP contribution in [0.4, 0.5) is 4.39 Å². The molecule has 3 aliphatic carbocycles. The fraction of sp³-hybridized carbons (Fsp3) is 0.524. The summed E-state index contributed by atoms with van der Waals surface area (Å²) in [5.41, 5.74) is 7.60. The highest BCUT2D eigenvalue weighted by Crippen LogP contribution is 2.54. The van der Waals surface area contributed by atoms with Crippen LogP contribution in [0.25, 0.3) is 5.57 Å². The smallest absolute Gasteiger partial charge is 0.325 e. The lowest BCUT2D eigenvalue weighted by Crippen LogP contribution is -2.32. The lowest BCUT2D eigenvalue weighted by atomic mass is 9.77. The van der Waals surface area contributed by atoms with E-state index in [1.54, 1.807) is 11.3 Å². The van der Waals surface area contributed by atoms with Crippen molar-refractivity contribution < 1.29 is 4.39 Å². The summed E-state index contributed by atoms with van der Waals surface area (Å²) in [6.45, 7) is 2.59.